The number of Topliss-reactive ketones (excluding diaryl/α,β-unsaturated/α-hetero) is 1. The molecule has 0 aliphatic carbocycles. The predicted molar refractivity (Wildman–Crippen MR) is 133 cm³/mol. The molecule has 0 fully saturated rings. The molecule has 5 rings (SSSR count). The van der Waals surface area contributed by atoms with Crippen LogP contribution >= 0.6 is 11.8 Å². The Morgan fingerprint density at radius 2 is 1.76 bits per heavy atom. The first-order valence-corrected chi connectivity index (χ1v) is 11.7. The van der Waals surface area contributed by atoms with Crippen LogP contribution in [0.15, 0.2) is 82.7 Å². The predicted octanol–water partition coefficient (Wildman–Crippen LogP) is 4.71. The first-order valence-electron chi connectivity index (χ1n) is 10.8. The molecule has 5 aromatic rings. The van der Waals surface area contributed by atoms with Gasteiger partial charge in [-0.25, -0.2) is 4.57 Å². The molecule has 0 N–H and O–H groups in total. The molecule has 0 aliphatic heterocycles. The Bertz CT molecular complexity index is 1590. The molecule has 0 amide bonds. The van der Waals surface area contributed by atoms with E-state index in [9.17, 15) is 9.59 Å². The zero-order valence-electron chi connectivity index (χ0n) is 18.9. The number of ketones is 1. The van der Waals surface area contributed by atoms with Crippen LogP contribution in [0.25, 0.3) is 22.4 Å². The highest BCUT2D eigenvalue weighted by molar-refractivity contribution is 8.00. The number of para-hydroxylation sites is 1. The van der Waals surface area contributed by atoms with E-state index in [0.717, 1.165) is 5.56 Å². The van der Waals surface area contributed by atoms with E-state index in [-0.39, 0.29) is 11.3 Å². The summed E-state index contributed by atoms with van der Waals surface area (Å²) in [5.74, 6) is 1.00. The van der Waals surface area contributed by atoms with Crippen molar-refractivity contribution in [2.45, 2.75) is 24.3 Å². The highest BCUT2D eigenvalue weighted by atomic mass is 32.2. The van der Waals surface area contributed by atoms with Gasteiger partial charge in [0.1, 0.15) is 5.75 Å². The maximum Gasteiger partial charge on any atom is 0.267 e. The van der Waals surface area contributed by atoms with E-state index in [1.165, 1.54) is 16.3 Å². The molecule has 2 aromatic heterocycles. The third-order valence-corrected chi connectivity index (χ3v) is 6.74. The van der Waals surface area contributed by atoms with Crippen LogP contribution in [0.3, 0.4) is 0 Å². The Hall–Kier alpha value is -3.91. The Morgan fingerprint density at radius 1 is 1.00 bits per heavy atom. The summed E-state index contributed by atoms with van der Waals surface area (Å²) in [5.41, 5.74) is 2.85. The van der Waals surface area contributed by atoms with Gasteiger partial charge >= 0.3 is 0 Å². The molecule has 0 saturated carbocycles. The van der Waals surface area contributed by atoms with Crippen molar-refractivity contribution >= 4 is 34.2 Å². The van der Waals surface area contributed by atoms with E-state index in [4.69, 9.17) is 4.74 Å². The molecule has 0 radical (unpaired) electrons. The van der Waals surface area contributed by atoms with Crippen LogP contribution in [-0.2, 0) is 0 Å². The fraction of sp³-hybridized carbons (Fsp3) is 0.154. The number of ether oxygens (including phenoxy) is 1. The number of nitrogens with zero attached hydrogens (tertiary/aromatic N) is 4. The first-order chi connectivity index (χ1) is 16.5. The van der Waals surface area contributed by atoms with Crippen LogP contribution in [-0.4, -0.2) is 37.3 Å². The minimum Gasteiger partial charge on any atom is -0.497 e. The van der Waals surface area contributed by atoms with Gasteiger partial charge < -0.3 is 4.74 Å². The van der Waals surface area contributed by atoms with Crippen LogP contribution in [0.4, 0.5) is 0 Å². The van der Waals surface area contributed by atoms with Crippen molar-refractivity contribution in [1.82, 2.24) is 19.2 Å². The molecule has 2 heterocycles. The van der Waals surface area contributed by atoms with Gasteiger partial charge in [0, 0.05) is 11.6 Å². The molecular formula is C26H22N4O3S. The second kappa shape index (κ2) is 8.79. The number of thioether (sulfide) groups is 1. The van der Waals surface area contributed by atoms with Crippen molar-refractivity contribution in [1.29, 1.82) is 0 Å². The molecule has 3 aromatic carbocycles. The van der Waals surface area contributed by atoms with Crippen LogP contribution in [0, 0.1) is 6.92 Å². The number of aromatic nitrogens is 4. The third-order valence-electron chi connectivity index (χ3n) is 5.69. The quantitative estimate of drug-likeness (QED) is 0.264. The Labute approximate surface area is 200 Å². The van der Waals surface area contributed by atoms with Gasteiger partial charge in [-0.2, -0.15) is 0 Å². The Kier molecular flexibility index (Phi) is 5.67. The van der Waals surface area contributed by atoms with E-state index >= 15 is 0 Å². The summed E-state index contributed by atoms with van der Waals surface area (Å²) < 4.78 is 8.70. The van der Waals surface area contributed by atoms with Gasteiger partial charge in [-0.1, -0.05) is 59.8 Å². The lowest BCUT2D eigenvalue weighted by molar-refractivity contribution is 0.0994. The van der Waals surface area contributed by atoms with Crippen LogP contribution in [0.1, 0.15) is 22.8 Å². The van der Waals surface area contributed by atoms with E-state index < -0.39 is 5.25 Å². The highest BCUT2D eigenvalue weighted by Crippen LogP contribution is 2.28. The molecule has 1 unspecified atom stereocenters. The minimum atomic E-state index is -0.397. The summed E-state index contributed by atoms with van der Waals surface area (Å²) in [6, 6.07) is 22.1. The molecule has 0 spiro atoms. The number of carbonyl (C=O) groups is 1. The summed E-state index contributed by atoms with van der Waals surface area (Å²) in [5, 5.41) is 9.40. The average Bonchev–Trinajstić information content (AvgIpc) is 3.27. The highest BCUT2D eigenvalue weighted by Gasteiger charge is 2.23. The maximum absolute atomic E-state index is 13.5. The van der Waals surface area contributed by atoms with Gasteiger partial charge in [-0.15, -0.1) is 10.2 Å². The fourth-order valence-corrected chi connectivity index (χ4v) is 4.83. The number of benzene rings is 3. The fourth-order valence-electron chi connectivity index (χ4n) is 3.90. The van der Waals surface area contributed by atoms with Crippen molar-refractivity contribution < 1.29 is 9.53 Å². The molecule has 0 saturated heterocycles. The van der Waals surface area contributed by atoms with Crippen LogP contribution in [0.5, 0.6) is 5.75 Å². The van der Waals surface area contributed by atoms with Crippen molar-refractivity contribution in [3.05, 3.63) is 94.3 Å². The largest absolute Gasteiger partial charge is 0.497 e. The normalized spacial score (nSPS) is 12.2. The van der Waals surface area contributed by atoms with Gasteiger partial charge in [-0.3, -0.25) is 14.0 Å². The number of methoxy groups -OCH3 is 1. The van der Waals surface area contributed by atoms with E-state index in [1.807, 2.05) is 78.9 Å². The lowest BCUT2D eigenvalue weighted by Gasteiger charge is -2.13. The SMILES string of the molecule is COc1cccc(-n2c(=O)c3ccccc3n3c(SC(C)C(=O)c4ccc(C)cc4)nnc23)c1. The number of aryl methyl sites for hydroxylation is 1. The molecule has 0 aliphatic rings. The summed E-state index contributed by atoms with van der Waals surface area (Å²) in [7, 11) is 1.58. The standard InChI is InChI=1S/C26H22N4O3S/c1-16-11-13-18(14-12-16)23(31)17(2)34-26-28-27-25-29(19-7-6-8-20(15-19)33-3)24(32)21-9-4-5-10-22(21)30(25)26/h4-15,17H,1-3H3. The molecule has 8 heteroatoms. The first kappa shape index (κ1) is 21.9. The van der Waals surface area contributed by atoms with Crippen molar-refractivity contribution in [3.63, 3.8) is 0 Å². The van der Waals surface area contributed by atoms with Gasteiger partial charge in [0.2, 0.25) is 5.78 Å². The molecule has 34 heavy (non-hydrogen) atoms. The minimum absolute atomic E-state index is 0.00664. The smallest absolute Gasteiger partial charge is 0.267 e. The van der Waals surface area contributed by atoms with E-state index in [1.54, 1.807) is 19.2 Å². The number of carbonyl (C=O) groups excluding carboxylic acids is 1. The topological polar surface area (TPSA) is 78.5 Å². The van der Waals surface area contributed by atoms with Crippen LogP contribution in [0.2, 0.25) is 0 Å². The lowest BCUT2D eigenvalue weighted by atomic mass is 10.1. The number of hydrogen-bond acceptors (Lipinski definition) is 6. The second-order valence-electron chi connectivity index (χ2n) is 7.97. The van der Waals surface area contributed by atoms with Crippen molar-refractivity contribution in [3.8, 4) is 11.4 Å². The van der Waals surface area contributed by atoms with E-state index in [2.05, 4.69) is 10.2 Å². The van der Waals surface area contributed by atoms with Gasteiger partial charge in [0.05, 0.1) is 29.0 Å². The van der Waals surface area contributed by atoms with Crippen molar-refractivity contribution in [2.24, 2.45) is 0 Å². The van der Waals surface area contributed by atoms with Gasteiger partial charge in [0.25, 0.3) is 5.56 Å². The molecule has 0 bridgehead atoms. The van der Waals surface area contributed by atoms with Crippen molar-refractivity contribution in [2.75, 3.05) is 7.11 Å². The third kappa shape index (κ3) is 3.76. The Morgan fingerprint density at radius 3 is 2.53 bits per heavy atom. The number of fused-ring (bicyclic) bond motifs is 3. The van der Waals surface area contributed by atoms with E-state index in [0.29, 0.717) is 38.8 Å². The maximum atomic E-state index is 13.5. The average molecular weight is 471 g/mol. The molecule has 7 nitrogen and oxygen atoms in total. The summed E-state index contributed by atoms with van der Waals surface area (Å²) >= 11 is 1.32. The summed E-state index contributed by atoms with van der Waals surface area (Å²) in [6.07, 6.45) is 0. The molecule has 1 atom stereocenters. The van der Waals surface area contributed by atoms with Gasteiger partial charge in [-0.05, 0) is 38.1 Å². The molecule has 170 valence electrons. The molecular weight excluding hydrogens is 448 g/mol. The summed E-state index contributed by atoms with van der Waals surface area (Å²) in [6.45, 7) is 3.84. The second-order valence-corrected chi connectivity index (χ2v) is 9.28. The number of rotatable bonds is 6. The lowest BCUT2D eigenvalue weighted by Crippen LogP contribution is -2.22. The summed E-state index contributed by atoms with van der Waals surface area (Å²) in [4.78, 5) is 26.5. The monoisotopic (exact) mass is 470 g/mol. The zero-order chi connectivity index (χ0) is 23.8. The zero-order valence-corrected chi connectivity index (χ0v) is 19.7. The van der Waals surface area contributed by atoms with Crippen LogP contribution < -0.4 is 10.3 Å². The van der Waals surface area contributed by atoms with Gasteiger partial charge in [0.15, 0.2) is 10.9 Å². The Balaban J connectivity index is 1.66. The number of hydrogen-bond donors (Lipinski definition) is 0.